The van der Waals surface area contributed by atoms with Gasteiger partial charge in [0.25, 0.3) is 5.91 Å². The minimum atomic E-state index is -0.861. The molecule has 0 saturated carbocycles. The largest absolute Gasteiger partial charge is 0.451 e. The van der Waals surface area contributed by atoms with E-state index in [1.54, 1.807) is 29.8 Å². The van der Waals surface area contributed by atoms with Crippen LogP contribution >= 0.6 is 11.3 Å². The molecule has 0 atom stereocenters. The second-order valence-corrected chi connectivity index (χ2v) is 9.33. The van der Waals surface area contributed by atoms with E-state index in [9.17, 15) is 9.90 Å². The molecule has 4 heterocycles. The first-order valence-corrected chi connectivity index (χ1v) is 11.7. The Morgan fingerprint density at radius 1 is 1.19 bits per heavy atom. The van der Waals surface area contributed by atoms with Gasteiger partial charge >= 0.3 is 0 Å². The number of carbonyl (C=O) groups excluding carboxylic acids is 1. The Morgan fingerprint density at radius 2 is 2.06 bits per heavy atom. The van der Waals surface area contributed by atoms with Gasteiger partial charge in [0.1, 0.15) is 5.58 Å². The summed E-state index contributed by atoms with van der Waals surface area (Å²) in [6.07, 6.45) is 4.78. The predicted octanol–water partition coefficient (Wildman–Crippen LogP) is 4.30. The molecule has 2 N–H and O–H groups in total. The highest BCUT2D eigenvalue weighted by Crippen LogP contribution is 2.35. The molecule has 0 bridgehead atoms. The number of nitrogens with zero attached hydrogens (tertiary/aromatic N) is 2. The van der Waals surface area contributed by atoms with Crippen LogP contribution in [0.5, 0.6) is 0 Å². The van der Waals surface area contributed by atoms with Gasteiger partial charge in [-0.2, -0.15) is 0 Å². The van der Waals surface area contributed by atoms with E-state index >= 15 is 0 Å². The van der Waals surface area contributed by atoms with Crippen molar-refractivity contribution in [2.75, 3.05) is 13.1 Å². The Hall–Kier alpha value is -3.00. The molecule has 5 rings (SSSR count). The number of hydrogen-bond donors (Lipinski definition) is 2. The standard InChI is InChI=1S/C25H25N3O3S/c29-24(27-16-18-3-1-9-26-15-18)23-14-19-13-20(5-6-22(19)31-23)25(30)7-10-28(11-8-25)17-21-4-2-12-32-21/h1-6,9,12-15,30H,7-8,10-11,16-17H2,(H,27,29). The summed E-state index contributed by atoms with van der Waals surface area (Å²) in [6, 6.07) is 15.4. The number of amides is 1. The minimum Gasteiger partial charge on any atom is -0.451 e. The van der Waals surface area contributed by atoms with Crippen molar-refractivity contribution in [3.63, 3.8) is 0 Å². The fraction of sp³-hybridized carbons (Fsp3) is 0.280. The van der Waals surface area contributed by atoms with Crippen molar-refractivity contribution in [1.82, 2.24) is 15.2 Å². The Labute approximate surface area is 190 Å². The third kappa shape index (κ3) is 4.46. The van der Waals surface area contributed by atoms with Crippen LogP contribution in [0.1, 0.15) is 39.4 Å². The topological polar surface area (TPSA) is 78.6 Å². The molecule has 1 saturated heterocycles. The number of benzene rings is 1. The quantitative estimate of drug-likeness (QED) is 0.461. The van der Waals surface area contributed by atoms with E-state index in [1.807, 2.05) is 30.3 Å². The summed E-state index contributed by atoms with van der Waals surface area (Å²) < 4.78 is 5.75. The van der Waals surface area contributed by atoms with Crippen molar-refractivity contribution in [3.8, 4) is 0 Å². The molecule has 164 valence electrons. The van der Waals surface area contributed by atoms with Gasteiger partial charge in [0, 0.05) is 48.8 Å². The Morgan fingerprint density at radius 3 is 2.81 bits per heavy atom. The average Bonchev–Trinajstić information content (AvgIpc) is 3.49. The number of aromatic nitrogens is 1. The number of carbonyl (C=O) groups is 1. The molecule has 3 aromatic heterocycles. The molecule has 0 unspecified atom stereocenters. The summed E-state index contributed by atoms with van der Waals surface area (Å²) in [5.41, 5.74) is 1.58. The first-order valence-electron chi connectivity index (χ1n) is 10.8. The molecule has 0 spiro atoms. The number of nitrogens with one attached hydrogen (secondary N) is 1. The van der Waals surface area contributed by atoms with Gasteiger partial charge in [-0.1, -0.05) is 18.2 Å². The van der Waals surface area contributed by atoms with E-state index in [1.165, 1.54) is 4.88 Å². The highest BCUT2D eigenvalue weighted by molar-refractivity contribution is 7.09. The first kappa shape index (κ1) is 20.9. The number of fused-ring (bicyclic) bond motifs is 1. The van der Waals surface area contributed by atoms with Gasteiger partial charge in [-0.3, -0.25) is 14.7 Å². The van der Waals surface area contributed by atoms with Gasteiger partial charge in [0.15, 0.2) is 5.76 Å². The SMILES string of the molecule is O=C(NCc1cccnc1)c1cc2cc(C3(O)CCN(Cc4cccs4)CC3)ccc2o1. The summed E-state index contributed by atoms with van der Waals surface area (Å²) in [5.74, 6) is -0.00834. The molecule has 1 aliphatic rings. The molecule has 6 nitrogen and oxygen atoms in total. The molecule has 1 fully saturated rings. The lowest BCUT2D eigenvalue weighted by atomic mass is 9.84. The average molecular weight is 448 g/mol. The maximum absolute atomic E-state index is 12.5. The lowest BCUT2D eigenvalue weighted by Gasteiger charge is -2.38. The maximum Gasteiger partial charge on any atom is 0.287 e. The highest BCUT2D eigenvalue weighted by atomic mass is 32.1. The number of aliphatic hydroxyl groups is 1. The van der Waals surface area contributed by atoms with Gasteiger partial charge < -0.3 is 14.8 Å². The van der Waals surface area contributed by atoms with Crippen molar-refractivity contribution >= 4 is 28.2 Å². The monoisotopic (exact) mass is 447 g/mol. The van der Waals surface area contributed by atoms with Crippen molar-refractivity contribution in [2.45, 2.75) is 31.5 Å². The van der Waals surface area contributed by atoms with Crippen LogP contribution in [0.2, 0.25) is 0 Å². The number of hydrogen-bond acceptors (Lipinski definition) is 6. The molecular weight excluding hydrogens is 422 g/mol. The highest BCUT2D eigenvalue weighted by Gasteiger charge is 2.34. The fourth-order valence-electron chi connectivity index (χ4n) is 4.21. The normalized spacial score (nSPS) is 16.3. The van der Waals surface area contributed by atoms with Crippen LogP contribution in [0, 0.1) is 0 Å². The number of pyridine rings is 1. The summed E-state index contributed by atoms with van der Waals surface area (Å²) in [4.78, 5) is 20.3. The van der Waals surface area contributed by atoms with E-state index < -0.39 is 5.60 Å². The molecule has 7 heteroatoms. The van der Waals surface area contributed by atoms with Gasteiger partial charge in [0.2, 0.25) is 0 Å². The van der Waals surface area contributed by atoms with Crippen LogP contribution in [-0.2, 0) is 18.7 Å². The number of likely N-dealkylation sites (tertiary alicyclic amines) is 1. The molecule has 0 radical (unpaired) electrons. The van der Waals surface area contributed by atoms with Crippen LogP contribution in [-0.4, -0.2) is 34.0 Å². The van der Waals surface area contributed by atoms with Crippen molar-refractivity contribution in [2.24, 2.45) is 0 Å². The summed E-state index contributed by atoms with van der Waals surface area (Å²) in [6.45, 7) is 3.02. The van der Waals surface area contributed by atoms with Crippen molar-refractivity contribution in [3.05, 3.63) is 88.1 Å². The Balaban J connectivity index is 1.26. The summed E-state index contributed by atoms with van der Waals surface area (Å²) >= 11 is 1.77. The molecule has 4 aromatic rings. The van der Waals surface area contributed by atoms with Gasteiger partial charge in [-0.25, -0.2) is 0 Å². The summed E-state index contributed by atoms with van der Waals surface area (Å²) in [5, 5.41) is 17.1. The lowest BCUT2D eigenvalue weighted by molar-refractivity contribution is -0.0274. The van der Waals surface area contributed by atoms with Crippen LogP contribution in [0.4, 0.5) is 0 Å². The first-order chi connectivity index (χ1) is 15.6. The maximum atomic E-state index is 12.5. The third-order valence-corrected chi connectivity index (χ3v) is 6.96. The second kappa shape index (κ2) is 8.86. The zero-order chi connectivity index (χ0) is 22.0. The van der Waals surface area contributed by atoms with E-state index in [-0.39, 0.29) is 11.7 Å². The van der Waals surface area contributed by atoms with Crippen LogP contribution in [0.3, 0.4) is 0 Å². The zero-order valence-electron chi connectivity index (χ0n) is 17.7. The smallest absolute Gasteiger partial charge is 0.287 e. The Kier molecular flexibility index (Phi) is 5.78. The molecule has 1 aliphatic heterocycles. The molecule has 0 aliphatic carbocycles. The van der Waals surface area contributed by atoms with Crippen molar-refractivity contribution < 1.29 is 14.3 Å². The van der Waals surface area contributed by atoms with E-state index in [4.69, 9.17) is 4.42 Å². The van der Waals surface area contributed by atoms with E-state index in [0.717, 1.165) is 36.1 Å². The van der Waals surface area contributed by atoms with Gasteiger partial charge in [-0.05, 0) is 59.7 Å². The number of furan rings is 1. The fourth-order valence-corrected chi connectivity index (χ4v) is 4.96. The Bertz CT molecular complexity index is 1200. The lowest BCUT2D eigenvalue weighted by Crippen LogP contribution is -2.42. The molecular formula is C25H25N3O3S. The van der Waals surface area contributed by atoms with Crippen LogP contribution in [0.15, 0.2) is 70.7 Å². The number of piperidine rings is 1. The number of rotatable bonds is 6. The van der Waals surface area contributed by atoms with Crippen LogP contribution in [0.25, 0.3) is 11.0 Å². The van der Waals surface area contributed by atoms with E-state index in [2.05, 4.69) is 32.7 Å². The van der Waals surface area contributed by atoms with Gasteiger partial charge in [-0.15, -0.1) is 11.3 Å². The number of thiophene rings is 1. The second-order valence-electron chi connectivity index (χ2n) is 8.29. The third-order valence-electron chi connectivity index (χ3n) is 6.10. The van der Waals surface area contributed by atoms with Crippen molar-refractivity contribution in [1.29, 1.82) is 0 Å². The molecule has 1 aromatic carbocycles. The van der Waals surface area contributed by atoms with Gasteiger partial charge in [0.05, 0.1) is 5.60 Å². The molecule has 1 amide bonds. The summed E-state index contributed by atoms with van der Waals surface area (Å²) in [7, 11) is 0. The zero-order valence-corrected chi connectivity index (χ0v) is 18.5. The van der Waals surface area contributed by atoms with Crippen LogP contribution < -0.4 is 5.32 Å². The van der Waals surface area contributed by atoms with E-state index in [0.29, 0.717) is 25.0 Å². The predicted molar refractivity (Wildman–Crippen MR) is 124 cm³/mol. The minimum absolute atomic E-state index is 0.263. The molecule has 32 heavy (non-hydrogen) atoms.